The fraction of sp³-hybridized carbons (Fsp3) is 0.778. The molecule has 9 heteroatoms. The molecule has 0 aromatic rings. The third-order valence-electron chi connectivity index (χ3n) is 4.70. The van der Waals surface area contributed by atoms with Gasteiger partial charge in [-0.3, -0.25) is 0 Å². The molecule has 1 amide bonds. The molecule has 27 heavy (non-hydrogen) atoms. The van der Waals surface area contributed by atoms with Crippen molar-refractivity contribution >= 4 is 12.0 Å². The molecule has 2 aliphatic rings. The van der Waals surface area contributed by atoms with Crippen molar-refractivity contribution < 1.29 is 19.0 Å². The van der Waals surface area contributed by atoms with Gasteiger partial charge in [-0.15, -0.1) is 5.10 Å². The summed E-state index contributed by atoms with van der Waals surface area (Å²) in [6.45, 7) is 8.44. The van der Waals surface area contributed by atoms with Crippen LogP contribution in [-0.2, 0) is 14.2 Å². The Bertz CT molecular complexity index is 550. The fourth-order valence-corrected chi connectivity index (χ4v) is 3.09. The lowest BCUT2D eigenvalue weighted by Crippen LogP contribution is -2.42. The Hall–Kier alpha value is -2.16. The van der Waals surface area contributed by atoms with Crippen molar-refractivity contribution in [3.8, 4) is 0 Å². The normalized spacial score (nSPS) is 21.0. The van der Waals surface area contributed by atoms with E-state index in [2.05, 4.69) is 10.4 Å². The molecule has 9 nitrogen and oxygen atoms in total. The van der Waals surface area contributed by atoms with Crippen LogP contribution in [0.3, 0.4) is 0 Å². The predicted molar refractivity (Wildman–Crippen MR) is 103 cm³/mol. The van der Waals surface area contributed by atoms with Crippen LogP contribution < -0.4 is 16.9 Å². The van der Waals surface area contributed by atoms with E-state index in [4.69, 9.17) is 25.8 Å². The molecule has 0 aromatic heterocycles. The van der Waals surface area contributed by atoms with Crippen molar-refractivity contribution in [3.63, 3.8) is 0 Å². The van der Waals surface area contributed by atoms with Crippen molar-refractivity contribution in [1.29, 1.82) is 0 Å². The van der Waals surface area contributed by atoms with Crippen LogP contribution in [-0.4, -0.2) is 61.4 Å². The van der Waals surface area contributed by atoms with Gasteiger partial charge in [0.1, 0.15) is 12.2 Å². The van der Waals surface area contributed by atoms with E-state index < -0.39 is 0 Å². The molecule has 0 bridgehead atoms. The van der Waals surface area contributed by atoms with E-state index in [-0.39, 0.29) is 30.3 Å². The number of nitrogens with zero attached hydrogens (tertiary/aromatic N) is 2. The molecule has 2 aliphatic heterocycles. The molecule has 2 heterocycles. The SMILES string of the molecule is CC(C(=NN)OC1CCN(C(=O)OC(C)C)CC1)=C(N)OC1CCNCC1. The summed E-state index contributed by atoms with van der Waals surface area (Å²) < 4.78 is 17.0. The third kappa shape index (κ3) is 6.50. The van der Waals surface area contributed by atoms with Crippen molar-refractivity contribution in [3.05, 3.63) is 11.5 Å². The average molecular weight is 383 g/mol. The zero-order valence-corrected chi connectivity index (χ0v) is 16.6. The zero-order chi connectivity index (χ0) is 19.8. The molecule has 0 aromatic carbocycles. The predicted octanol–water partition coefficient (Wildman–Crippen LogP) is 1.24. The highest BCUT2D eigenvalue weighted by atomic mass is 16.6. The maximum atomic E-state index is 12.0. The van der Waals surface area contributed by atoms with Gasteiger partial charge in [-0.25, -0.2) is 4.79 Å². The number of amides is 1. The number of piperidine rings is 2. The van der Waals surface area contributed by atoms with Crippen LogP contribution in [0.2, 0.25) is 0 Å². The molecular weight excluding hydrogens is 350 g/mol. The van der Waals surface area contributed by atoms with Gasteiger partial charge >= 0.3 is 6.09 Å². The van der Waals surface area contributed by atoms with Gasteiger partial charge in [0.05, 0.1) is 11.7 Å². The molecule has 0 atom stereocenters. The Morgan fingerprint density at radius 2 is 1.70 bits per heavy atom. The number of ether oxygens (including phenoxy) is 3. The van der Waals surface area contributed by atoms with E-state index in [1.807, 2.05) is 13.8 Å². The van der Waals surface area contributed by atoms with E-state index in [9.17, 15) is 4.79 Å². The maximum Gasteiger partial charge on any atom is 0.410 e. The number of nitrogens with two attached hydrogens (primary N) is 2. The Labute approximate surface area is 161 Å². The number of rotatable bonds is 5. The molecule has 0 radical (unpaired) electrons. The summed E-state index contributed by atoms with van der Waals surface area (Å²) in [4.78, 5) is 13.6. The van der Waals surface area contributed by atoms with Gasteiger partial charge in [0.25, 0.3) is 0 Å². The van der Waals surface area contributed by atoms with Crippen LogP contribution in [0.5, 0.6) is 0 Å². The van der Waals surface area contributed by atoms with Crippen LogP contribution in [0, 0.1) is 0 Å². The summed E-state index contributed by atoms with van der Waals surface area (Å²) in [5, 5.41) is 7.03. The minimum Gasteiger partial charge on any atom is -0.476 e. The van der Waals surface area contributed by atoms with E-state index in [0.717, 1.165) is 25.9 Å². The maximum absolute atomic E-state index is 12.0. The first kappa shape index (κ1) is 21.1. The standard InChI is InChI=1S/C18H33N5O4/c1-12(2)25-18(24)23-10-6-15(7-11-23)27-17(22-20)13(3)16(19)26-14-4-8-21-9-5-14/h12,14-15,21H,4-11,19-20H2,1-3H3. The second-order valence-corrected chi connectivity index (χ2v) is 7.23. The number of nitrogens with one attached hydrogen (secondary N) is 1. The second kappa shape index (κ2) is 10.2. The van der Waals surface area contributed by atoms with Gasteiger partial charge in [0.2, 0.25) is 5.90 Å². The average Bonchev–Trinajstić information content (AvgIpc) is 2.66. The van der Waals surface area contributed by atoms with E-state index in [1.54, 1.807) is 11.8 Å². The molecule has 0 spiro atoms. The lowest BCUT2D eigenvalue weighted by molar-refractivity contribution is 0.0487. The monoisotopic (exact) mass is 383 g/mol. The first-order chi connectivity index (χ1) is 12.9. The quantitative estimate of drug-likeness (QED) is 0.214. The lowest BCUT2D eigenvalue weighted by atomic mass is 10.1. The van der Waals surface area contributed by atoms with Gasteiger partial charge in [-0.2, -0.15) is 0 Å². The largest absolute Gasteiger partial charge is 0.476 e. The summed E-state index contributed by atoms with van der Waals surface area (Å²) >= 11 is 0. The number of carbonyl (C=O) groups is 1. The molecule has 0 saturated carbocycles. The van der Waals surface area contributed by atoms with Gasteiger partial charge in [-0.1, -0.05) is 0 Å². The first-order valence-corrected chi connectivity index (χ1v) is 9.64. The van der Waals surface area contributed by atoms with Crippen molar-refractivity contribution in [2.45, 2.75) is 64.8 Å². The first-order valence-electron chi connectivity index (χ1n) is 9.64. The van der Waals surface area contributed by atoms with Crippen molar-refractivity contribution in [1.82, 2.24) is 10.2 Å². The lowest BCUT2D eigenvalue weighted by Gasteiger charge is -2.32. The third-order valence-corrected chi connectivity index (χ3v) is 4.70. The summed E-state index contributed by atoms with van der Waals surface area (Å²) in [5.74, 6) is 6.09. The molecule has 2 fully saturated rings. The fourth-order valence-electron chi connectivity index (χ4n) is 3.09. The summed E-state index contributed by atoms with van der Waals surface area (Å²) in [6, 6.07) is 0. The summed E-state index contributed by atoms with van der Waals surface area (Å²) in [7, 11) is 0. The second-order valence-electron chi connectivity index (χ2n) is 7.23. The Balaban J connectivity index is 1.85. The van der Waals surface area contributed by atoms with E-state index in [1.165, 1.54) is 0 Å². The summed E-state index contributed by atoms with van der Waals surface area (Å²) in [5.41, 5.74) is 6.68. The Morgan fingerprint density at radius 1 is 1.11 bits per heavy atom. The highest BCUT2D eigenvalue weighted by molar-refractivity contribution is 5.93. The smallest absolute Gasteiger partial charge is 0.410 e. The Morgan fingerprint density at radius 3 is 2.26 bits per heavy atom. The van der Waals surface area contributed by atoms with Gasteiger partial charge in [0.15, 0.2) is 5.88 Å². The van der Waals surface area contributed by atoms with Gasteiger partial charge in [0, 0.05) is 25.9 Å². The van der Waals surface area contributed by atoms with E-state index in [0.29, 0.717) is 37.4 Å². The highest BCUT2D eigenvalue weighted by Gasteiger charge is 2.27. The zero-order valence-electron chi connectivity index (χ0n) is 16.6. The molecule has 0 aliphatic carbocycles. The van der Waals surface area contributed by atoms with Crippen LogP contribution >= 0.6 is 0 Å². The van der Waals surface area contributed by atoms with Gasteiger partial charge in [-0.05, 0) is 46.7 Å². The molecule has 2 rings (SSSR count). The van der Waals surface area contributed by atoms with E-state index >= 15 is 0 Å². The van der Waals surface area contributed by atoms with Crippen molar-refractivity contribution in [2.24, 2.45) is 16.7 Å². The number of hydrazone groups is 1. The topological polar surface area (TPSA) is 124 Å². The summed E-state index contributed by atoms with van der Waals surface area (Å²) in [6.07, 6.45) is 2.77. The van der Waals surface area contributed by atoms with Crippen LogP contribution in [0.25, 0.3) is 0 Å². The number of hydrogen-bond donors (Lipinski definition) is 3. The minimum absolute atomic E-state index is 0.0861. The van der Waals surface area contributed by atoms with Crippen molar-refractivity contribution in [2.75, 3.05) is 26.2 Å². The van der Waals surface area contributed by atoms with Crippen LogP contribution in [0.4, 0.5) is 4.79 Å². The minimum atomic E-state index is -0.285. The number of likely N-dealkylation sites (tertiary alicyclic amines) is 1. The number of hydrogen-bond acceptors (Lipinski definition) is 8. The highest BCUT2D eigenvalue weighted by Crippen LogP contribution is 2.19. The van der Waals surface area contributed by atoms with Gasteiger partial charge < -0.3 is 36.0 Å². The molecule has 154 valence electrons. The van der Waals surface area contributed by atoms with Crippen LogP contribution in [0.1, 0.15) is 46.5 Å². The Kier molecular flexibility index (Phi) is 8.02. The molecular formula is C18H33N5O4. The molecule has 2 saturated heterocycles. The number of carbonyl (C=O) groups excluding carboxylic acids is 1. The molecule has 0 unspecified atom stereocenters. The molecule has 5 N–H and O–H groups in total. The van der Waals surface area contributed by atoms with Crippen LogP contribution in [0.15, 0.2) is 16.6 Å².